The van der Waals surface area contributed by atoms with Gasteiger partial charge in [-0.1, -0.05) is 27.2 Å². The molecule has 0 fully saturated rings. The van der Waals surface area contributed by atoms with Gasteiger partial charge in [0.25, 0.3) is 0 Å². The Balaban J connectivity index is 2.14. The molecular weight excluding hydrogens is 296 g/mol. The van der Waals surface area contributed by atoms with Crippen LogP contribution in [0.3, 0.4) is 0 Å². The van der Waals surface area contributed by atoms with Gasteiger partial charge in [-0.05, 0) is 12.1 Å². The first-order chi connectivity index (χ1) is 8.72. The molecule has 0 aliphatic rings. The molecule has 2 aromatic rings. The maximum absolute atomic E-state index is 5.21. The summed E-state index contributed by atoms with van der Waals surface area (Å²) in [6.07, 6.45) is 1.75. The molecule has 6 heteroatoms. The number of halogens is 1. The Bertz CT molecular complexity index is 527. The number of nitrogens with one attached hydrogen (secondary N) is 1. The zero-order valence-corrected chi connectivity index (χ0v) is 11.9. The Hall–Kier alpha value is -1.40. The fourth-order valence-corrected chi connectivity index (χ4v) is 2.15. The summed E-state index contributed by atoms with van der Waals surface area (Å²) >= 11 is 3.53. The molecule has 96 valence electrons. The number of aryl methyl sites for hydroxylation is 1. The number of anilines is 1. The van der Waals surface area contributed by atoms with E-state index in [0.717, 1.165) is 21.4 Å². The first-order valence-corrected chi connectivity index (χ1v) is 6.35. The molecule has 0 spiro atoms. The van der Waals surface area contributed by atoms with Crippen LogP contribution in [-0.4, -0.2) is 22.1 Å². The first kappa shape index (κ1) is 13.0. The second-order valence-corrected chi connectivity index (χ2v) is 4.76. The van der Waals surface area contributed by atoms with Crippen LogP contribution >= 0.6 is 15.9 Å². The summed E-state index contributed by atoms with van der Waals surface area (Å²) in [7, 11) is 3.56. The van der Waals surface area contributed by atoms with Gasteiger partial charge >= 0.3 is 0 Å². The smallest absolute Gasteiger partial charge is 0.0774 e. The number of nitrogens with zero attached hydrogens (tertiary/aromatic N) is 3. The van der Waals surface area contributed by atoms with E-state index in [-0.39, 0.29) is 0 Å². The fourth-order valence-electron chi connectivity index (χ4n) is 1.67. The minimum Gasteiger partial charge on any atom is -0.380 e. The highest BCUT2D eigenvalue weighted by atomic mass is 79.9. The van der Waals surface area contributed by atoms with Crippen molar-refractivity contribution in [3.63, 3.8) is 0 Å². The number of ether oxygens (including phenoxy) is 1. The van der Waals surface area contributed by atoms with Crippen LogP contribution in [-0.2, 0) is 24.9 Å². The van der Waals surface area contributed by atoms with Gasteiger partial charge in [-0.25, -0.2) is 0 Å². The average Bonchev–Trinajstić information content (AvgIpc) is 2.76. The van der Waals surface area contributed by atoms with E-state index in [4.69, 9.17) is 4.74 Å². The number of rotatable bonds is 5. The largest absolute Gasteiger partial charge is 0.380 e. The molecule has 1 heterocycles. The summed E-state index contributed by atoms with van der Waals surface area (Å²) in [5.41, 5.74) is 3.18. The zero-order valence-electron chi connectivity index (χ0n) is 10.4. The van der Waals surface area contributed by atoms with E-state index in [1.165, 1.54) is 0 Å². The topological polar surface area (TPSA) is 52.0 Å². The predicted octanol–water partition coefficient (Wildman–Crippen LogP) is 2.34. The van der Waals surface area contributed by atoms with Crippen molar-refractivity contribution >= 4 is 21.6 Å². The summed E-state index contributed by atoms with van der Waals surface area (Å²) in [5, 5.41) is 11.1. The molecule has 5 nitrogen and oxygen atoms in total. The monoisotopic (exact) mass is 310 g/mol. The van der Waals surface area contributed by atoms with Gasteiger partial charge in [-0.3, -0.25) is 4.68 Å². The van der Waals surface area contributed by atoms with Gasteiger partial charge in [0.05, 0.1) is 25.0 Å². The van der Waals surface area contributed by atoms with E-state index >= 15 is 0 Å². The Morgan fingerprint density at radius 3 is 2.94 bits per heavy atom. The zero-order chi connectivity index (χ0) is 13.0. The van der Waals surface area contributed by atoms with Crippen molar-refractivity contribution in [3.8, 4) is 0 Å². The van der Waals surface area contributed by atoms with Gasteiger partial charge in [0, 0.05) is 29.9 Å². The van der Waals surface area contributed by atoms with Crippen LogP contribution in [0.15, 0.2) is 28.9 Å². The molecular formula is C12H15BrN4O. The van der Waals surface area contributed by atoms with Crippen molar-refractivity contribution < 1.29 is 4.74 Å². The van der Waals surface area contributed by atoms with E-state index in [1.807, 2.05) is 25.2 Å². The maximum atomic E-state index is 5.21. The Morgan fingerprint density at radius 1 is 1.44 bits per heavy atom. The van der Waals surface area contributed by atoms with Gasteiger partial charge in [-0.15, -0.1) is 5.10 Å². The van der Waals surface area contributed by atoms with Crippen molar-refractivity contribution in [3.05, 3.63) is 40.1 Å². The molecule has 0 unspecified atom stereocenters. The third kappa shape index (κ3) is 2.88. The number of methoxy groups -OCH3 is 1. The second-order valence-electron chi connectivity index (χ2n) is 3.90. The van der Waals surface area contributed by atoms with Crippen LogP contribution in [0, 0.1) is 0 Å². The highest BCUT2D eigenvalue weighted by molar-refractivity contribution is 9.10. The normalized spacial score (nSPS) is 10.6. The third-order valence-electron chi connectivity index (χ3n) is 2.68. The molecule has 1 aromatic carbocycles. The summed E-state index contributed by atoms with van der Waals surface area (Å²) in [5.74, 6) is 0. The van der Waals surface area contributed by atoms with E-state index in [0.29, 0.717) is 13.2 Å². The lowest BCUT2D eigenvalue weighted by atomic mass is 10.2. The predicted molar refractivity (Wildman–Crippen MR) is 73.2 cm³/mol. The molecule has 0 atom stereocenters. The number of benzene rings is 1. The quantitative estimate of drug-likeness (QED) is 0.921. The molecule has 0 aliphatic heterocycles. The summed E-state index contributed by atoms with van der Waals surface area (Å²) in [6, 6.07) is 6.03. The SMILES string of the molecule is COCc1c(Br)cccc1NCc1cnnn1C. The van der Waals surface area contributed by atoms with E-state index < -0.39 is 0 Å². The van der Waals surface area contributed by atoms with Crippen molar-refractivity contribution in [1.82, 2.24) is 15.0 Å². The van der Waals surface area contributed by atoms with Crippen LogP contribution in [0.25, 0.3) is 0 Å². The molecule has 0 amide bonds. The van der Waals surface area contributed by atoms with Gasteiger partial charge in [0.1, 0.15) is 0 Å². The minimum atomic E-state index is 0.563. The molecule has 0 saturated carbocycles. The number of aromatic nitrogens is 3. The summed E-state index contributed by atoms with van der Waals surface area (Å²) in [4.78, 5) is 0. The van der Waals surface area contributed by atoms with Crippen LogP contribution < -0.4 is 5.32 Å². The van der Waals surface area contributed by atoms with Crippen LogP contribution in [0.5, 0.6) is 0 Å². The average molecular weight is 311 g/mol. The van der Waals surface area contributed by atoms with E-state index in [9.17, 15) is 0 Å². The first-order valence-electron chi connectivity index (χ1n) is 5.56. The molecule has 0 saturated heterocycles. The lowest BCUT2D eigenvalue weighted by molar-refractivity contribution is 0.185. The van der Waals surface area contributed by atoms with E-state index in [1.54, 1.807) is 18.0 Å². The molecule has 2 rings (SSSR count). The van der Waals surface area contributed by atoms with Crippen molar-refractivity contribution in [2.45, 2.75) is 13.2 Å². The Kier molecular flexibility index (Phi) is 4.33. The minimum absolute atomic E-state index is 0.563. The van der Waals surface area contributed by atoms with Crippen molar-refractivity contribution in [1.29, 1.82) is 0 Å². The Labute approximate surface area is 114 Å². The van der Waals surface area contributed by atoms with Crippen LogP contribution in [0.2, 0.25) is 0 Å². The summed E-state index contributed by atoms with van der Waals surface area (Å²) < 4.78 is 8.00. The molecule has 1 aromatic heterocycles. The lowest BCUT2D eigenvalue weighted by Crippen LogP contribution is -2.07. The number of hydrogen-bond acceptors (Lipinski definition) is 4. The van der Waals surface area contributed by atoms with Crippen LogP contribution in [0.1, 0.15) is 11.3 Å². The second kappa shape index (κ2) is 5.97. The lowest BCUT2D eigenvalue weighted by Gasteiger charge is -2.13. The van der Waals surface area contributed by atoms with Gasteiger partial charge < -0.3 is 10.1 Å². The van der Waals surface area contributed by atoms with Gasteiger partial charge in [0.2, 0.25) is 0 Å². The summed E-state index contributed by atoms with van der Waals surface area (Å²) in [6.45, 7) is 1.24. The van der Waals surface area contributed by atoms with Crippen molar-refractivity contribution in [2.75, 3.05) is 12.4 Å². The molecule has 1 N–H and O–H groups in total. The molecule has 0 bridgehead atoms. The van der Waals surface area contributed by atoms with Gasteiger partial charge in [0.15, 0.2) is 0 Å². The highest BCUT2D eigenvalue weighted by Crippen LogP contribution is 2.25. The molecule has 0 aliphatic carbocycles. The maximum Gasteiger partial charge on any atom is 0.0774 e. The van der Waals surface area contributed by atoms with E-state index in [2.05, 4.69) is 31.6 Å². The molecule has 18 heavy (non-hydrogen) atoms. The standard InChI is InChI=1S/C12H15BrN4O/c1-17-9(7-15-16-17)6-14-12-5-3-4-11(13)10(12)8-18-2/h3-5,7,14H,6,8H2,1-2H3. The van der Waals surface area contributed by atoms with Gasteiger partial charge in [-0.2, -0.15) is 0 Å². The number of hydrogen-bond donors (Lipinski definition) is 1. The van der Waals surface area contributed by atoms with Crippen molar-refractivity contribution in [2.24, 2.45) is 7.05 Å². The third-order valence-corrected chi connectivity index (χ3v) is 3.42. The fraction of sp³-hybridized carbons (Fsp3) is 0.333. The van der Waals surface area contributed by atoms with Crippen LogP contribution in [0.4, 0.5) is 5.69 Å². The highest BCUT2D eigenvalue weighted by Gasteiger charge is 2.07. The molecule has 0 radical (unpaired) electrons. The Morgan fingerprint density at radius 2 is 2.28 bits per heavy atom.